The third-order valence-electron chi connectivity index (χ3n) is 3.47. The molecule has 110 valence electrons. The van der Waals surface area contributed by atoms with Crippen molar-refractivity contribution in [2.75, 3.05) is 5.32 Å². The van der Waals surface area contributed by atoms with Crippen molar-refractivity contribution in [3.8, 4) is 0 Å². The first kappa shape index (κ1) is 15.5. The summed E-state index contributed by atoms with van der Waals surface area (Å²) >= 11 is 3.36. The topological polar surface area (TPSA) is 55.1 Å². The van der Waals surface area contributed by atoms with Crippen LogP contribution in [0.2, 0.25) is 0 Å². The Hall–Kier alpha value is -1.88. The zero-order valence-electron chi connectivity index (χ0n) is 11.6. The highest BCUT2D eigenvalue weighted by Crippen LogP contribution is 2.30. The van der Waals surface area contributed by atoms with Crippen molar-refractivity contribution in [1.82, 2.24) is 0 Å². The maximum absolute atomic E-state index is 13.5. The summed E-state index contributed by atoms with van der Waals surface area (Å²) in [5.74, 6) is -0.942. The molecule has 0 aliphatic carbocycles. The molecule has 0 bridgehead atoms. The average molecular weight is 351 g/mol. The number of primary amides is 1. The molecule has 5 heteroatoms. The van der Waals surface area contributed by atoms with Gasteiger partial charge in [-0.3, -0.25) is 4.79 Å². The molecule has 1 amide bonds. The zero-order chi connectivity index (χ0) is 15.5. The van der Waals surface area contributed by atoms with Crippen LogP contribution in [0.25, 0.3) is 0 Å². The van der Waals surface area contributed by atoms with Crippen molar-refractivity contribution in [2.24, 2.45) is 5.73 Å². The number of benzene rings is 2. The number of rotatable bonds is 5. The Morgan fingerprint density at radius 1 is 1.29 bits per heavy atom. The minimum absolute atomic E-state index is 0.399. The van der Waals surface area contributed by atoms with Gasteiger partial charge in [-0.05, 0) is 48.4 Å². The molecule has 2 rings (SSSR count). The van der Waals surface area contributed by atoms with Crippen LogP contribution in [0, 0.1) is 5.82 Å². The lowest BCUT2D eigenvalue weighted by atomic mass is 9.86. The molecule has 21 heavy (non-hydrogen) atoms. The molecule has 0 aliphatic rings. The number of anilines is 1. The van der Waals surface area contributed by atoms with Gasteiger partial charge in [0.15, 0.2) is 0 Å². The number of nitrogens with one attached hydrogen (secondary N) is 1. The fourth-order valence-corrected chi connectivity index (χ4v) is 2.54. The summed E-state index contributed by atoms with van der Waals surface area (Å²) in [6, 6.07) is 13.3. The van der Waals surface area contributed by atoms with Gasteiger partial charge in [-0.1, -0.05) is 35.0 Å². The van der Waals surface area contributed by atoms with Crippen LogP contribution in [0.3, 0.4) is 0 Å². The number of nitrogens with two attached hydrogens (primary N) is 1. The summed E-state index contributed by atoms with van der Waals surface area (Å²) in [6.07, 6.45) is 0.405. The van der Waals surface area contributed by atoms with Crippen LogP contribution >= 0.6 is 15.9 Å². The molecule has 1 unspecified atom stereocenters. The van der Waals surface area contributed by atoms with Gasteiger partial charge in [0.25, 0.3) is 0 Å². The Morgan fingerprint density at radius 3 is 2.48 bits per heavy atom. The first-order valence-corrected chi connectivity index (χ1v) is 7.37. The second-order valence-corrected chi connectivity index (χ2v) is 5.68. The van der Waals surface area contributed by atoms with Crippen LogP contribution in [0.5, 0.6) is 0 Å². The summed E-state index contributed by atoms with van der Waals surface area (Å²) in [7, 11) is 0. The first-order valence-electron chi connectivity index (χ1n) is 6.57. The van der Waals surface area contributed by atoms with E-state index in [0.717, 1.165) is 10.2 Å². The normalized spacial score (nSPS) is 13.5. The molecule has 0 fully saturated rings. The van der Waals surface area contributed by atoms with Crippen LogP contribution in [0.15, 0.2) is 53.0 Å². The van der Waals surface area contributed by atoms with E-state index in [2.05, 4.69) is 21.2 Å². The van der Waals surface area contributed by atoms with Crippen LogP contribution in [0.1, 0.15) is 18.9 Å². The van der Waals surface area contributed by atoms with E-state index in [4.69, 9.17) is 5.73 Å². The molecule has 0 aromatic heterocycles. The molecule has 0 saturated carbocycles. The lowest BCUT2D eigenvalue weighted by Crippen LogP contribution is -2.47. The van der Waals surface area contributed by atoms with E-state index in [1.807, 2.05) is 31.2 Å². The molecule has 2 aromatic rings. The van der Waals surface area contributed by atoms with E-state index in [9.17, 15) is 9.18 Å². The van der Waals surface area contributed by atoms with Crippen molar-refractivity contribution >= 4 is 27.5 Å². The van der Waals surface area contributed by atoms with Gasteiger partial charge < -0.3 is 11.1 Å². The van der Waals surface area contributed by atoms with Gasteiger partial charge in [-0.2, -0.15) is 0 Å². The fraction of sp³-hybridized carbons (Fsp3) is 0.188. The quantitative estimate of drug-likeness (QED) is 0.861. The molecule has 3 nitrogen and oxygen atoms in total. The highest BCUT2D eigenvalue weighted by molar-refractivity contribution is 9.10. The van der Waals surface area contributed by atoms with Gasteiger partial charge in [0, 0.05) is 10.2 Å². The van der Waals surface area contributed by atoms with Crippen molar-refractivity contribution in [3.63, 3.8) is 0 Å². The second kappa shape index (κ2) is 6.26. The number of hydrogen-bond acceptors (Lipinski definition) is 2. The van der Waals surface area contributed by atoms with Crippen LogP contribution in [-0.4, -0.2) is 5.91 Å². The molecule has 0 radical (unpaired) electrons. The summed E-state index contributed by atoms with van der Waals surface area (Å²) in [5.41, 5.74) is 5.72. The van der Waals surface area contributed by atoms with E-state index >= 15 is 0 Å². The molecule has 3 N–H and O–H groups in total. The molecule has 0 aliphatic heterocycles. The molecule has 1 atom stereocenters. The van der Waals surface area contributed by atoms with Gasteiger partial charge in [-0.15, -0.1) is 0 Å². The number of carbonyl (C=O) groups excluding carboxylic acids is 1. The van der Waals surface area contributed by atoms with E-state index in [1.165, 1.54) is 12.1 Å². The number of carbonyl (C=O) groups is 1. The summed E-state index contributed by atoms with van der Waals surface area (Å²) < 4.78 is 14.4. The van der Waals surface area contributed by atoms with Crippen molar-refractivity contribution in [2.45, 2.75) is 18.9 Å². The Bertz CT molecular complexity index is 645. The van der Waals surface area contributed by atoms with E-state index < -0.39 is 17.3 Å². The molecule has 2 aromatic carbocycles. The fourth-order valence-electron chi connectivity index (χ4n) is 2.28. The molecule has 0 saturated heterocycles. The molecule has 0 heterocycles. The largest absolute Gasteiger partial charge is 0.368 e. The minimum atomic E-state index is -1.14. The number of halogens is 2. The second-order valence-electron chi connectivity index (χ2n) is 4.77. The van der Waals surface area contributed by atoms with Crippen LogP contribution < -0.4 is 11.1 Å². The average Bonchev–Trinajstić information content (AvgIpc) is 2.46. The Kier molecular flexibility index (Phi) is 4.63. The van der Waals surface area contributed by atoms with E-state index in [1.54, 1.807) is 12.1 Å². The van der Waals surface area contributed by atoms with Gasteiger partial charge in [0.05, 0.1) is 0 Å². The predicted molar refractivity (Wildman–Crippen MR) is 85.3 cm³/mol. The summed E-state index contributed by atoms with van der Waals surface area (Å²) in [5, 5.41) is 3.15. The maximum atomic E-state index is 13.5. The van der Waals surface area contributed by atoms with Gasteiger partial charge in [0.1, 0.15) is 11.4 Å². The zero-order valence-corrected chi connectivity index (χ0v) is 13.2. The summed E-state index contributed by atoms with van der Waals surface area (Å²) in [6.45, 7) is 1.83. The number of hydrogen-bond donors (Lipinski definition) is 2. The smallest absolute Gasteiger partial charge is 0.247 e. The van der Waals surface area contributed by atoms with Gasteiger partial charge >= 0.3 is 0 Å². The van der Waals surface area contributed by atoms with Crippen LogP contribution in [0.4, 0.5) is 10.1 Å². The van der Waals surface area contributed by atoms with E-state index in [-0.39, 0.29) is 0 Å². The minimum Gasteiger partial charge on any atom is -0.368 e. The standard InChI is InChI=1S/C16H16BrFN2O/c1-2-16(15(19)21,11-4-3-5-13(18)10-11)20-14-8-6-12(17)7-9-14/h3-10,20H,2H2,1H3,(H2,19,21). The van der Waals surface area contributed by atoms with Crippen molar-refractivity contribution < 1.29 is 9.18 Å². The summed E-state index contributed by atoms with van der Waals surface area (Å²) in [4.78, 5) is 12.1. The lowest BCUT2D eigenvalue weighted by molar-refractivity contribution is -0.122. The molecular formula is C16H16BrFN2O. The first-order chi connectivity index (χ1) is 9.98. The number of amides is 1. The van der Waals surface area contributed by atoms with Gasteiger partial charge in [0.2, 0.25) is 5.91 Å². The lowest BCUT2D eigenvalue weighted by Gasteiger charge is -2.32. The Morgan fingerprint density at radius 2 is 1.95 bits per heavy atom. The van der Waals surface area contributed by atoms with Crippen LogP contribution in [-0.2, 0) is 10.3 Å². The van der Waals surface area contributed by atoms with Crippen molar-refractivity contribution in [1.29, 1.82) is 0 Å². The maximum Gasteiger partial charge on any atom is 0.247 e. The predicted octanol–water partition coefficient (Wildman–Crippen LogP) is 3.79. The van der Waals surface area contributed by atoms with Crippen molar-refractivity contribution in [3.05, 3.63) is 64.4 Å². The monoisotopic (exact) mass is 350 g/mol. The highest BCUT2D eigenvalue weighted by Gasteiger charge is 2.37. The third kappa shape index (κ3) is 3.24. The highest BCUT2D eigenvalue weighted by atomic mass is 79.9. The Labute approximate surface area is 131 Å². The Balaban J connectivity index is 2.46. The third-order valence-corrected chi connectivity index (χ3v) is 4.00. The SMILES string of the molecule is CCC(Nc1ccc(Br)cc1)(C(N)=O)c1cccc(F)c1. The van der Waals surface area contributed by atoms with E-state index in [0.29, 0.717) is 12.0 Å². The van der Waals surface area contributed by atoms with Gasteiger partial charge in [-0.25, -0.2) is 4.39 Å². The molecular weight excluding hydrogens is 335 g/mol. The molecule has 0 spiro atoms.